The van der Waals surface area contributed by atoms with E-state index in [1.165, 1.54) is 25.3 Å². The Morgan fingerprint density at radius 2 is 2.15 bits per heavy atom. The van der Waals surface area contributed by atoms with E-state index < -0.39 is 0 Å². The van der Waals surface area contributed by atoms with Gasteiger partial charge in [-0.25, -0.2) is 0 Å². The monoisotopic (exact) mass is 181 g/mol. The molecule has 4 nitrogen and oxygen atoms in total. The Hall–Kier alpha value is -1.55. The van der Waals surface area contributed by atoms with E-state index in [1.807, 2.05) is 0 Å². The molecular formula is C9H11NO3. The van der Waals surface area contributed by atoms with Crippen LogP contribution in [0.2, 0.25) is 0 Å². The van der Waals surface area contributed by atoms with E-state index in [4.69, 9.17) is 15.3 Å². The highest BCUT2D eigenvalue weighted by Crippen LogP contribution is 2.22. The molecule has 0 aliphatic rings. The van der Waals surface area contributed by atoms with Crippen molar-refractivity contribution in [1.29, 1.82) is 5.41 Å². The SMILES string of the molecule is COCC(=N)c1ccc(O)cc1O. The second kappa shape index (κ2) is 3.91. The number of aromatic hydroxyl groups is 2. The zero-order valence-electron chi connectivity index (χ0n) is 7.24. The zero-order valence-corrected chi connectivity index (χ0v) is 7.24. The third-order valence-electron chi connectivity index (χ3n) is 1.60. The number of ether oxygens (including phenoxy) is 1. The van der Waals surface area contributed by atoms with Crippen molar-refractivity contribution in [2.24, 2.45) is 0 Å². The third kappa shape index (κ3) is 2.19. The fourth-order valence-corrected chi connectivity index (χ4v) is 0.997. The zero-order chi connectivity index (χ0) is 9.84. The van der Waals surface area contributed by atoms with E-state index in [-0.39, 0.29) is 23.8 Å². The van der Waals surface area contributed by atoms with E-state index in [0.717, 1.165) is 0 Å². The number of methoxy groups -OCH3 is 1. The Morgan fingerprint density at radius 3 is 2.69 bits per heavy atom. The summed E-state index contributed by atoms with van der Waals surface area (Å²) in [5.41, 5.74) is 0.555. The van der Waals surface area contributed by atoms with Crippen LogP contribution in [-0.4, -0.2) is 29.6 Å². The van der Waals surface area contributed by atoms with Gasteiger partial charge in [0.25, 0.3) is 0 Å². The normalized spacial score (nSPS) is 9.92. The minimum atomic E-state index is -0.109. The quantitative estimate of drug-likeness (QED) is 0.611. The topological polar surface area (TPSA) is 73.5 Å². The maximum absolute atomic E-state index is 9.33. The molecule has 0 radical (unpaired) electrons. The molecule has 0 aromatic heterocycles. The van der Waals surface area contributed by atoms with Crippen LogP contribution in [0.1, 0.15) is 5.56 Å². The van der Waals surface area contributed by atoms with Crippen molar-refractivity contribution in [3.05, 3.63) is 23.8 Å². The fourth-order valence-electron chi connectivity index (χ4n) is 0.997. The van der Waals surface area contributed by atoms with E-state index in [0.29, 0.717) is 5.56 Å². The maximum atomic E-state index is 9.33. The van der Waals surface area contributed by atoms with E-state index in [2.05, 4.69) is 0 Å². The molecule has 0 aliphatic heterocycles. The molecule has 0 saturated heterocycles. The summed E-state index contributed by atoms with van der Waals surface area (Å²) >= 11 is 0. The predicted octanol–water partition coefficient (Wildman–Crippen LogP) is 1.11. The first-order valence-electron chi connectivity index (χ1n) is 3.74. The summed E-state index contributed by atoms with van der Waals surface area (Å²) in [6, 6.07) is 4.09. The highest BCUT2D eigenvalue weighted by molar-refractivity contribution is 6.01. The summed E-state index contributed by atoms with van der Waals surface area (Å²) in [7, 11) is 1.48. The van der Waals surface area contributed by atoms with Crippen molar-refractivity contribution in [1.82, 2.24) is 0 Å². The van der Waals surface area contributed by atoms with Gasteiger partial charge < -0.3 is 20.4 Å². The van der Waals surface area contributed by atoms with Crippen molar-refractivity contribution in [2.75, 3.05) is 13.7 Å². The molecule has 70 valence electrons. The summed E-state index contributed by atoms with van der Waals surface area (Å²) in [5.74, 6) is -0.131. The maximum Gasteiger partial charge on any atom is 0.128 e. The molecule has 0 saturated carbocycles. The Morgan fingerprint density at radius 1 is 1.46 bits per heavy atom. The first-order chi connectivity index (χ1) is 6.15. The lowest BCUT2D eigenvalue weighted by Gasteiger charge is -2.05. The summed E-state index contributed by atoms with van der Waals surface area (Å²) < 4.78 is 4.75. The van der Waals surface area contributed by atoms with Crippen molar-refractivity contribution in [3.8, 4) is 11.5 Å². The molecule has 0 heterocycles. The van der Waals surface area contributed by atoms with Crippen molar-refractivity contribution >= 4 is 5.71 Å². The lowest BCUT2D eigenvalue weighted by atomic mass is 10.1. The first kappa shape index (κ1) is 9.54. The largest absolute Gasteiger partial charge is 0.508 e. The van der Waals surface area contributed by atoms with Crippen LogP contribution in [0.25, 0.3) is 0 Å². The van der Waals surface area contributed by atoms with Crippen LogP contribution in [-0.2, 0) is 4.74 Å². The Balaban J connectivity index is 2.95. The van der Waals surface area contributed by atoms with Crippen LogP contribution in [0.5, 0.6) is 11.5 Å². The molecular weight excluding hydrogens is 170 g/mol. The van der Waals surface area contributed by atoms with E-state index in [1.54, 1.807) is 0 Å². The van der Waals surface area contributed by atoms with Crippen LogP contribution in [0.4, 0.5) is 0 Å². The molecule has 0 spiro atoms. The van der Waals surface area contributed by atoms with Gasteiger partial charge in [0.05, 0.1) is 12.3 Å². The van der Waals surface area contributed by atoms with Gasteiger partial charge in [-0.2, -0.15) is 0 Å². The summed E-state index contributed by atoms with van der Waals surface area (Å²) in [6.07, 6.45) is 0. The molecule has 0 aliphatic carbocycles. The molecule has 13 heavy (non-hydrogen) atoms. The minimum Gasteiger partial charge on any atom is -0.508 e. The Kier molecular flexibility index (Phi) is 2.87. The predicted molar refractivity (Wildman–Crippen MR) is 48.5 cm³/mol. The molecule has 0 unspecified atom stereocenters. The van der Waals surface area contributed by atoms with Gasteiger partial charge in [0.2, 0.25) is 0 Å². The van der Waals surface area contributed by atoms with Crippen molar-refractivity contribution in [2.45, 2.75) is 0 Å². The van der Waals surface area contributed by atoms with Gasteiger partial charge in [0.15, 0.2) is 0 Å². The average Bonchev–Trinajstić information content (AvgIpc) is 2.04. The van der Waals surface area contributed by atoms with E-state index in [9.17, 15) is 5.11 Å². The Bertz CT molecular complexity index is 323. The molecule has 0 bridgehead atoms. The first-order valence-corrected chi connectivity index (χ1v) is 3.74. The van der Waals surface area contributed by atoms with Gasteiger partial charge in [-0.05, 0) is 12.1 Å². The second-order valence-electron chi connectivity index (χ2n) is 2.61. The third-order valence-corrected chi connectivity index (χ3v) is 1.60. The van der Waals surface area contributed by atoms with Gasteiger partial charge in [-0.15, -0.1) is 0 Å². The molecule has 1 aromatic rings. The highest BCUT2D eigenvalue weighted by Gasteiger charge is 2.07. The number of benzene rings is 1. The van der Waals surface area contributed by atoms with Crippen molar-refractivity contribution in [3.63, 3.8) is 0 Å². The number of phenols is 2. The highest BCUT2D eigenvalue weighted by atomic mass is 16.5. The second-order valence-corrected chi connectivity index (χ2v) is 2.61. The van der Waals surface area contributed by atoms with E-state index >= 15 is 0 Å². The fraction of sp³-hybridized carbons (Fsp3) is 0.222. The minimum absolute atomic E-state index is 0.0218. The van der Waals surface area contributed by atoms with Crippen molar-refractivity contribution < 1.29 is 14.9 Å². The standard InChI is InChI=1S/C9H11NO3/c1-13-5-8(10)7-3-2-6(11)4-9(7)12/h2-4,10-12H,5H2,1H3. The summed E-state index contributed by atoms with van der Waals surface area (Å²) in [4.78, 5) is 0. The number of hydrogen-bond donors (Lipinski definition) is 3. The summed E-state index contributed by atoms with van der Waals surface area (Å²) in [5, 5.41) is 25.8. The number of rotatable bonds is 3. The van der Waals surface area contributed by atoms with Crippen LogP contribution in [0.3, 0.4) is 0 Å². The molecule has 1 aromatic carbocycles. The molecule has 1 rings (SSSR count). The molecule has 0 fully saturated rings. The molecule has 0 amide bonds. The molecule has 4 heteroatoms. The molecule has 3 N–H and O–H groups in total. The van der Waals surface area contributed by atoms with Crippen LogP contribution >= 0.6 is 0 Å². The van der Waals surface area contributed by atoms with Gasteiger partial charge in [0.1, 0.15) is 11.5 Å². The number of hydrogen-bond acceptors (Lipinski definition) is 4. The Labute approximate surface area is 75.9 Å². The van der Waals surface area contributed by atoms with Crippen LogP contribution in [0, 0.1) is 5.41 Å². The van der Waals surface area contributed by atoms with Crippen LogP contribution in [0.15, 0.2) is 18.2 Å². The van der Waals surface area contributed by atoms with Gasteiger partial charge in [-0.3, -0.25) is 0 Å². The van der Waals surface area contributed by atoms with Gasteiger partial charge >= 0.3 is 0 Å². The smallest absolute Gasteiger partial charge is 0.128 e. The van der Waals surface area contributed by atoms with Crippen LogP contribution < -0.4 is 0 Å². The average molecular weight is 181 g/mol. The number of phenolic OH excluding ortho intramolecular Hbond substituents is 2. The number of nitrogens with one attached hydrogen (secondary N) is 1. The molecule has 0 atom stereocenters. The summed E-state index contributed by atoms with van der Waals surface area (Å²) in [6.45, 7) is 0.137. The lowest BCUT2D eigenvalue weighted by Crippen LogP contribution is -2.06. The van der Waals surface area contributed by atoms with Gasteiger partial charge in [0, 0.05) is 18.7 Å². The van der Waals surface area contributed by atoms with Gasteiger partial charge in [-0.1, -0.05) is 0 Å². The lowest BCUT2D eigenvalue weighted by molar-refractivity contribution is 0.245.